The number of hydrogen-bond donors (Lipinski definition) is 2. The van der Waals surface area contributed by atoms with Crippen LogP contribution in [0.5, 0.6) is 5.75 Å². The van der Waals surface area contributed by atoms with Gasteiger partial charge in [0, 0.05) is 18.0 Å². The second-order valence-corrected chi connectivity index (χ2v) is 7.41. The van der Waals surface area contributed by atoms with Gasteiger partial charge in [-0.15, -0.1) is 0 Å². The lowest BCUT2D eigenvalue weighted by atomic mass is 9.97. The third-order valence-corrected chi connectivity index (χ3v) is 4.50. The zero-order valence-electron chi connectivity index (χ0n) is 15.9. The van der Waals surface area contributed by atoms with Crippen molar-refractivity contribution >= 4 is 23.4 Å². The van der Waals surface area contributed by atoms with Gasteiger partial charge in [0.15, 0.2) is 0 Å². The van der Waals surface area contributed by atoms with E-state index in [0.29, 0.717) is 30.3 Å². The van der Waals surface area contributed by atoms with Gasteiger partial charge in [-0.3, -0.25) is 14.8 Å². The smallest absolute Gasteiger partial charge is 0.262 e. The maximum Gasteiger partial charge on any atom is 0.262 e. The predicted octanol–water partition coefficient (Wildman–Crippen LogP) is 3.30. The third-order valence-electron chi connectivity index (χ3n) is 4.13. The molecule has 0 aliphatic rings. The SMILES string of the molecule is COc1ccc(Cl)c(C[C@H](C)CC(=O)N(CCC(C)C)CC(=O)NO)c1. The highest BCUT2D eigenvalue weighted by atomic mass is 35.5. The first kappa shape index (κ1) is 22.3. The summed E-state index contributed by atoms with van der Waals surface area (Å²) in [7, 11) is 1.60. The molecule has 0 aliphatic carbocycles. The number of methoxy groups -OCH3 is 1. The van der Waals surface area contributed by atoms with Crippen molar-refractivity contribution < 1.29 is 19.5 Å². The molecule has 0 saturated carbocycles. The van der Waals surface area contributed by atoms with Crippen LogP contribution in [0.2, 0.25) is 5.02 Å². The average molecular weight is 385 g/mol. The number of rotatable bonds is 10. The number of nitrogens with zero attached hydrogens (tertiary/aromatic N) is 1. The molecule has 2 amide bonds. The summed E-state index contributed by atoms with van der Waals surface area (Å²) in [6.45, 7) is 6.43. The summed E-state index contributed by atoms with van der Waals surface area (Å²) in [6, 6.07) is 5.45. The minimum absolute atomic E-state index is 0.0471. The van der Waals surface area contributed by atoms with Gasteiger partial charge in [0.2, 0.25) is 5.91 Å². The van der Waals surface area contributed by atoms with Crippen molar-refractivity contribution in [2.24, 2.45) is 11.8 Å². The van der Waals surface area contributed by atoms with E-state index in [1.165, 1.54) is 4.90 Å². The average Bonchev–Trinajstić information content (AvgIpc) is 2.59. The molecule has 0 heterocycles. The van der Waals surface area contributed by atoms with E-state index in [9.17, 15) is 9.59 Å². The number of ether oxygens (including phenoxy) is 1. The Labute approximate surface area is 160 Å². The first-order chi connectivity index (χ1) is 12.3. The Morgan fingerprint density at radius 2 is 2.00 bits per heavy atom. The highest BCUT2D eigenvalue weighted by Gasteiger charge is 2.20. The fraction of sp³-hybridized carbons (Fsp3) is 0.579. The van der Waals surface area contributed by atoms with Crippen LogP contribution in [0.3, 0.4) is 0 Å². The van der Waals surface area contributed by atoms with Crippen molar-refractivity contribution in [2.75, 3.05) is 20.2 Å². The van der Waals surface area contributed by atoms with Gasteiger partial charge in [-0.25, -0.2) is 5.48 Å². The molecule has 1 atom stereocenters. The van der Waals surface area contributed by atoms with Crippen LogP contribution in [0, 0.1) is 11.8 Å². The number of hydroxylamine groups is 1. The topological polar surface area (TPSA) is 78.9 Å². The summed E-state index contributed by atoms with van der Waals surface area (Å²) in [5.41, 5.74) is 2.51. The van der Waals surface area contributed by atoms with Crippen LogP contribution in [-0.2, 0) is 16.0 Å². The monoisotopic (exact) mass is 384 g/mol. The molecular formula is C19H29ClN2O4. The Bertz CT molecular complexity index is 607. The van der Waals surface area contributed by atoms with Crippen LogP contribution in [0.25, 0.3) is 0 Å². The number of nitrogens with one attached hydrogen (secondary N) is 1. The maximum absolute atomic E-state index is 12.6. The van der Waals surface area contributed by atoms with E-state index >= 15 is 0 Å². The van der Waals surface area contributed by atoms with Crippen LogP contribution >= 0.6 is 11.6 Å². The number of amides is 2. The van der Waals surface area contributed by atoms with Gasteiger partial charge in [0.05, 0.1) is 7.11 Å². The molecule has 1 rings (SSSR count). The highest BCUT2D eigenvalue weighted by molar-refractivity contribution is 6.31. The van der Waals surface area contributed by atoms with Crippen molar-refractivity contribution in [3.8, 4) is 5.75 Å². The molecule has 0 aliphatic heterocycles. The van der Waals surface area contributed by atoms with Crippen molar-refractivity contribution in [3.63, 3.8) is 0 Å². The summed E-state index contributed by atoms with van der Waals surface area (Å²) in [5.74, 6) is 0.480. The lowest BCUT2D eigenvalue weighted by molar-refractivity contribution is -0.140. The van der Waals surface area contributed by atoms with E-state index < -0.39 is 5.91 Å². The molecule has 26 heavy (non-hydrogen) atoms. The Hall–Kier alpha value is -1.79. The molecule has 0 bridgehead atoms. The molecule has 146 valence electrons. The molecule has 6 nitrogen and oxygen atoms in total. The van der Waals surface area contributed by atoms with Gasteiger partial charge in [-0.05, 0) is 48.4 Å². The standard InChI is InChI=1S/C19H29ClN2O4/c1-13(2)7-8-22(12-18(23)21-25)19(24)10-14(3)9-15-11-16(26-4)5-6-17(15)20/h5-6,11,13-14,25H,7-10,12H2,1-4H3,(H,21,23)/t14-/m0/s1. The van der Waals surface area contributed by atoms with Gasteiger partial charge in [0.25, 0.3) is 5.91 Å². The third kappa shape index (κ3) is 7.62. The molecule has 1 aromatic carbocycles. The Balaban J connectivity index is 2.72. The van der Waals surface area contributed by atoms with Crippen LogP contribution in [0.1, 0.15) is 39.2 Å². The zero-order chi connectivity index (χ0) is 19.7. The van der Waals surface area contributed by atoms with E-state index in [0.717, 1.165) is 17.7 Å². The van der Waals surface area contributed by atoms with Crippen molar-refractivity contribution in [1.82, 2.24) is 10.4 Å². The molecule has 0 saturated heterocycles. The lowest BCUT2D eigenvalue weighted by Gasteiger charge is -2.24. The molecule has 0 fully saturated rings. The van der Waals surface area contributed by atoms with Crippen molar-refractivity contribution in [2.45, 2.75) is 40.0 Å². The summed E-state index contributed by atoms with van der Waals surface area (Å²) < 4.78 is 5.22. The van der Waals surface area contributed by atoms with Gasteiger partial charge in [-0.1, -0.05) is 32.4 Å². The van der Waals surface area contributed by atoms with Crippen LogP contribution in [-0.4, -0.2) is 42.1 Å². The van der Waals surface area contributed by atoms with Crippen LogP contribution in [0.4, 0.5) is 0 Å². The lowest BCUT2D eigenvalue weighted by Crippen LogP contribution is -2.41. The van der Waals surface area contributed by atoms with E-state index in [2.05, 4.69) is 13.8 Å². The minimum Gasteiger partial charge on any atom is -0.497 e. The molecule has 7 heteroatoms. The number of carbonyl (C=O) groups is 2. The van der Waals surface area contributed by atoms with E-state index in [-0.39, 0.29) is 18.4 Å². The summed E-state index contributed by atoms with van der Waals surface area (Å²) >= 11 is 6.24. The number of carbonyl (C=O) groups excluding carboxylic acids is 2. The van der Waals surface area contributed by atoms with Gasteiger partial charge in [0.1, 0.15) is 12.3 Å². The molecule has 0 unspecified atom stereocenters. The highest BCUT2D eigenvalue weighted by Crippen LogP contribution is 2.25. The van der Waals surface area contributed by atoms with Crippen molar-refractivity contribution in [3.05, 3.63) is 28.8 Å². The van der Waals surface area contributed by atoms with Gasteiger partial charge >= 0.3 is 0 Å². The minimum atomic E-state index is -0.592. The fourth-order valence-electron chi connectivity index (χ4n) is 2.62. The first-order valence-corrected chi connectivity index (χ1v) is 9.17. The fourth-order valence-corrected chi connectivity index (χ4v) is 2.82. The van der Waals surface area contributed by atoms with E-state index in [1.807, 2.05) is 13.0 Å². The normalized spacial score (nSPS) is 12.0. The van der Waals surface area contributed by atoms with Gasteiger partial charge < -0.3 is 9.64 Å². The Kier molecular flexibility index (Phi) is 9.44. The summed E-state index contributed by atoms with van der Waals surface area (Å²) in [6.07, 6.45) is 1.72. The molecule has 2 N–H and O–H groups in total. The molecule has 0 spiro atoms. The number of halogens is 1. The first-order valence-electron chi connectivity index (χ1n) is 8.79. The largest absolute Gasteiger partial charge is 0.497 e. The Morgan fingerprint density at radius 3 is 2.58 bits per heavy atom. The molecule has 1 aromatic rings. The number of hydrogen-bond acceptors (Lipinski definition) is 4. The molecule has 0 radical (unpaired) electrons. The zero-order valence-corrected chi connectivity index (χ0v) is 16.7. The van der Waals surface area contributed by atoms with E-state index in [4.69, 9.17) is 21.5 Å². The second kappa shape index (κ2) is 11.0. The quantitative estimate of drug-likeness (QED) is 0.479. The van der Waals surface area contributed by atoms with Crippen molar-refractivity contribution in [1.29, 1.82) is 0 Å². The van der Waals surface area contributed by atoms with Crippen LogP contribution < -0.4 is 10.2 Å². The number of benzene rings is 1. The van der Waals surface area contributed by atoms with Gasteiger partial charge in [-0.2, -0.15) is 0 Å². The summed E-state index contributed by atoms with van der Waals surface area (Å²) in [4.78, 5) is 25.6. The van der Waals surface area contributed by atoms with Crippen LogP contribution in [0.15, 0.2) is 18.2 Å². The predicted molar refractivity (Wildman–Crippen MR) is 101 cm³/mol. The molecule has 0 aromatic heterocycles. The maximum atomic E-state index is 12.6. The Morgan fingerprint density at radius 1 is 1.31 bits per heavy atom. The second-order valence-electron chi connectivity index (χ2n) is 7.00. The molecular weight excluding hydrogens is 356 g/mol. The summed E-state index contributed by atoms with van der Waals surface area (Å²) in [5, 5.41) is 9.38. The van der Waals surface area contributed by atoms with E-state index in [1.54, 1.807) is 24.7 Å².